The highest BCUT2D eigenvalue weighted by atomic mass is 32.1. The number of nitrogen functional groups attached to an aromatic ring is 1. The van der Waals surface area contributed by atoms with E-state index < -0.39 is 0 Å². The summed E-state index contributed by atoms with van der Waals surface area (Å²) >= 11 is 3.04. The van der Waals surface area contributed by atoms with Crippen LogP contribution in [0, 0.1) is 6.92 Å². The van der Waals surface area contributed by atoms with Crippen molar-refractivity contribution < 1.29 is 0 Å². The lowest BCUT2D eigenvalue weighted by atomic mass is 10.4. The van der Waals surface area contributed by atoms with Crippen molar-refractivity contribution >= 4 is 38.2 Å². The Kier molecular flexibility index (Phi) is 2.12. The van der Waals surface area contributed by atoms with Crippen LogP contribution in [-0.2, 0) is 0 Å². The number of rotatable bonds is 1. The van der Waals surface area contributed by atoms with E-state index in [-0.39, 0.29) is 0 Å². The molecule has 0 amide bonds. The predicted molar refractivity (Wildman–Crippen MR) is 67.7 cm³/mol. The van der Waals surface area contributed by atoms with Gasteiger partial charge in [-0.1, -0.05) is 22.7 Å². The SMILES string of the molecule is Cc1nc(N)sc1-c1nc2cccnc2s1. The minimum absolute atomic E-state index is 0.583. The quantitative estimate of drug-likeness (QED) is 0.719. The molecule has 0 unspecified atom stereocenters. The Bertz CT molecular complexity index is 623. The Morgan fingerprint density at radius 3 is 2.81 bits per heavy atom. The number of nitrogens with zero attached hydrogens (tertiary/aromatic N) is 3. The molecule has 0 aromatic carbocycles. The van der Waals surface area contributed by atoms with Gasteiger partial charge in [0.2, 0.25) is 0 Å². The Labute approximate surface area is 99.8 Å². The highest BCUT2D eigenvalue weighted by Crippen LogP contribution is 2.35. The van der Waals surface area contributed by atoms with Crippen LogP contribution in [-0.4, -0.2) is 15.0 Å². The monoisotopic (exact) mass is 248 g/mol. The normalized spacial score (nSPS) is 11.1. The van der Waals surface area contributed by atoms with Gasteiger partial charge in [-0.05, 0) is 19.1 Å². The summed E-state index contributed by atoms with van der Waals surface area (Å²) in [5.41, 5.74) is 7.54. The second kappa shape index (κ2) is 3.50. The van der Waals surface area contributed by atoms with Crippen LogP contribution in [0.25, 0.3) is 20.2 Å². The molecule has 80 valence electrons. The zero-order valence-electron chi connectivity index (χ0n) is 8.47. The number of hydrogen-bond donors (Lipinski definition) is 1. The van der Waals surface area contributed by atoms with Crippen LogP contribution in [0.5, 0.6) is 0 Å². The summed E-state index contributed by atoms with van der Waals surface area (Å²) in [5.74, 6) is 0. The number of pyridine rings is 1. The third-order valence-corrected chi connectivity index (χ3v) is 4.29. The highest BCUT2D eigenvalue weighted by molar-refractivity contribution is 7.26. The van der Waals surface area contributed by atoms with Crippen LogP contribution in [0.3, 0.4) is 0 Å². The van der Waals surface area contributed by atoms with Crippen molar-refractivity contribution in [3.63, 3.8) is 0 Å². The van der Waals surface area contributed by atoms with Crippen molar-refractivity contribution in [2.24, 2.45) is 0 Å². The van der Waals surface area contributed by atoms with Crippen molar-refractivity contribution in [3.05, 3.63) is 24.0 Å². The van der Waals surface area contributed by atoms with Crippen molar-refractivity contribution in [2.75, 3.05) is 5.73 Å². The summed E-state index contributed by atoms with van der Waals surface area (Å²) < 4.78 is 0. The van der Waals surface area contributed by atoms with Crippen LogP contribution in [0.15, 0.2) is 18.3 Å². The molecule has 3 heterocycles. The number of nitrogens with two attached hydrogens (primary N) is 1. The smallest absolute Gasteiger partial charge is 0.180 e. The van der Waals surface area contributed by atoms with Crippen LogP contribution in [0.2, 0.25) is 0 Å². The fourth-order valence-electron chi connectivity index (χ4n) is 1.48. The minimum Gasteiger partial charge on any atom is -0.375 e. The molecule has 6 heteroatoms. The average Bonchev–Trinajstić information content (AvgIpc) is 2.81. The molecule has 0 spiro atoms. The lowest BCUT2D eigenvalue weighted by molar-refractivity contribution is 1.27. The lowest BCUT2D eigenvalue weighted by Gasteiger charge is -1.88. The Morgan fingerprint density at radius 1 is 1.25 bits per heavy atom. The number of aromatic nitrogens is 3. The van der Waals surface area contributed by atoms with Crippen molar-refractivity contribution in [3.8, 4) is 9.88 Å². The molecule has 0 aliphatic carbocycles. The van der Waals surface area contributed by atoms with E-state index in [2.05, 4.69) is 15.0 Å². The van der Waals surface area contributed by atoms with Gasteiger partial charge in [0.15, 0.2) is 5.13 Å². The molecule has 2 N–H and O–H groups in total. The van der Waals surface area contributed by atoms with E-state index in [1.54, 1.807) is 17.5 Å². The van der Waals surface area contributed by atoms with E-state index in [1.807, 2.05) is 19.1 Å². The van der Waals surface area contributed by atoms with E-state index in [1.165, 1.54) is 11.3 Å². The van der Waals surface area contributed by atoms with Gasteiger partial charge in [-0.3, -0.25) is 0 Å². The third kappa shape index (κ3) is 1.46. The molecule has 0 aliphatic rings. The van der Waals surface area contributed by atoms with Gasteiger partial charge in [0.05, 0.1) is 10.6 Å². The summed E-state index contributed by atoms with van der Waals surface area (Å²) in [4.78, 5) is 15.0. The molecule has 3 aromatic rings. The maximum absolute atomic E-state index is 5.68. The van der Waals surface area contributed by atoms with Gasteiger partial charge in [0.25, 0.3) is 0 Å². The molecular weight excluding hydrogens is 240 g/mol. The fourth-order valence-corrected chi connectivity index (χ4v) is 3.35. The first kappa shape index (κ1) is 9.68. The van der Waals surface area contributed by atoms with Crippen LogP contribution in [0.4, 0.5) is 5.13 Å². The van der Waals surface area contributed by atoms with E-state index in [0.29, 0.717) is 5.13 Å². The molecule has 0 radical (unpaired) electrons. The summed E-state index contributed by atoms with van der Waals surface area (Å²) in [7, 11) is 0. The molecule has 3 aromatic heterocycles. The first-order valence-electron chi connectivity index (χ1n) is 4.69. The van der Waals surface area contributed by atoms with E-state index in [4.69, 9.17) is 5.73 Å². The number of fused-ring (bicyclic) bond motifs is 1. The maximum atomic E-state index is 5.68. The van der Waals surface area contributed by atoms with Gasteiger partial charge >= 0.3 is 0 Å². The summed E-state index contributed by atoms with van der Waals surface area (Å²) in [6.45, 7) is 1.95. The van der Waals surface area contributed by atoms with Crippen LogP contribution < -0.4 is 5.73 Å². The molecule has 0 aliphatic heterocycles. The number of aryl methyl sites for hydroxylation is 1. The molecule has 0 saturated carbocycles. The zero-order chi connectivity index (χ0) is 11.1. The molecule has 3 rings (SSSR count). The molecule has 16 heavy (non-hydrogen) atoms. The topological polar surface area (TPSA) is 64.7 Å². The Balaban J connectivity index is 2.22. The first-order chi connectivity index (χ1) is 7.74. The predicted octanol–water partition coefficient (Wildman–Crippen LogP) is 2.71. The zero-order valence-corrected chi connectivity index (χ0v) is 10.1. The molecular formula is C10H8N4S2. The average molecular weight is 248 g/mol. The highest BCUT2D eigenvalue weighted by Gasteiger charge is 2.12. The molecule has 0 fully saturated rings. The third-order valence-electron chi connectivity index (χ3n) is 2.17. The van der Waals surface area contributed by atoms with Crippen molar-refractivity contribution in [1.29, 1.82) is 0 Å². The van der Waals surface area contributed by atoms with Crippen molar-refractivity contribution in [1.82, 2.24) is 15.0 Å². The summed E-state index contributed by atoms with van der Waals surface area (Å²) in [5, 5.41) is 1.53. The van der Waals surface area contributed by atoms with E-state index in [0.717, 1.165) is 25.9 Å². The van der Waals surface area contributed by atoms with Gasteiger partial charge in [-0.15, -0.1) is 0 Å². The second-order valence-corrected chi connectivity index (χ2v) is 5.32. The number of thiazole rings is 2. The van der Waals surface area contributed by atoms with Crippen LogP contribution in [0.1, 0.15) is 5.69 Å². The van der Waals surface area contributed by atoms with Crippen LogP contribution >= 0.6 is 22.7 Å². The summed E-state index contributed by atoms with van der Waals surface area (Å²) in [6.07, 6.45) is 1.78. The van der Waals surface area contributed by atoms with Gasteiger partial charge in [0.1, 0.15) is 15.4 Å². The molecule has 0 saturated heterocycles. The van der Waals surface area contributed by atoms with Gasteiger partial charge in [-0.25, -0.2) is 15.0 Å². The van der Waals surface area contributed by atoms with E-state index >= 15 is 0 Å². The number of anilines is 1. The first-order valence-corrected chi connectivity index (χ1v) is 6.32. The Hall–Kier alpha value is -1.53. The van der Waals surface area contributed by atoms with Gasteiger partial charge in [0, 0.05) is 6.20 Å². The fraction of sp³-hybridized carbons (Fsp3) is 0.100. The largest absolute Gasteiger partial charge is 0.375 e. The lowest BCUT2D eigenvalue weighted by Crippen LogP contribution is -1.80. The molecule has 0 bridgehead atoms. The Morgan fingerprint density at radius 2 is 2.12 bits per heavy atom. The standard InChI is InChI=1S/C10H8N4S2/c1-5-7(15-10(11)13-5)9-14-6-3-2-4-12-8(6)16-9/h2-4H,1H3,(H2,11,13). The molecule has 4 nitrogen and oxygen atoms in total. The summed E-state index contributed by atoms with van der Waals surface area (Å²) in [6, 6.07) is 3.85. The second-order valence-electron chi connectivity index (χ2n) is 3.31. The number of hydrogen-bond acceptors (Lipinski definition) is 6. The van der Waals surface area contributed by atoms with Crippen molar-refractivity contribution in [2.45, 2.75) is 6.92 Å². The van der Waals surface area contributed by atoms with E-state index in [9.17, 15) is 0 Å². The minimum atomic E-state index is 0.583. The van der Waals surface area contributed by atoms with Gasteiger partial charge < -0.3 is 5.73 Å². The maximum Gasteiger partial charge on any atom is 0.180 e. The molecule has 0 atom stereocenters. The van der Waals surface area contributed by atoms with Gasteiger partial charge in [-0.2, -0.15) is 0 Å².